The van der Waals surface area contributed by atoms with E-state index in [1.807, 2.05) is 0 Å². The summed E-state index contributed by atoms with van der Waals surface area (Å²) in [4.78, 5) is 13.0. The van der Waals surface area contributed by atoms with Crippen molar-refractivity contribution in [2.24, 2.45) is 0 Å². The van der Waals surface area contributed by atoms with E-state index >= 15 is 0 Å². The van der Waals surface area contributed by atoms with Crippen LogP contribution in [0.1, 0.15) is 35.9 Å². The molecule has 1 amide bonds. The van der Waals surface area contributed by atoms with Gasteiger partial charge in [0.05, 0.1) is 4.11 Å². The Morgan fingerprint density at radius 1 is 1.37 bits per heavy atom. The molecule has 1 aliphatic heterocycles. The molecule has 1 rings (SSSR count). The summed E-state index contributed by atoms with van der Waals surface area (Å²) in [6.07, 6.45) is -10.7. The minimum Gasteiger partial charge on any atom is -0.437 e. The zero-order chi connectivity index (χ0) is 20.2. The first-order chi connectivity index (χ1) is 10.7. The SMILES string of the molecule is [2H]C1N(C(C)(C)C)C([2H])([2H])CN(C(=O)OC([2H])(C)C(F)(F)F)C1([2H])[2H]. The van der Waals surface area contributed by atoms with Crippen LogP contribution < -0.4 is 0 Å². The Kier molecular flexibility index (Phi) is 2.65. The second kappa shape index (κ2) is 5.56. The van der Waals surface area contributed by atoms with Crippen molar-refractivity contribution in [1.82, 2.24) is 9.80 Å². The van der Waals surface area contributed by atoms with Gasteiger partial charge in [-0.3, -0.25) is 4.90 Å². The van der Waals surface area contributed by atoms with Gasteiger partial charge in [0.1, 0.15) is 0 Å². The lowest BCUT2D eigenvalue weighted by Gasteiger charge is -2.42. The summed E-state index contributed by atoms with van der Waals surface area (Å²) in [7, 11) is 0. The van der Waals surface area contributed by atoms with Gasteiger partial charge < -0.3 is 9.64 Å². The molecule has 4 nitrogen and oxygen atoms in total. The highest BCUT2D eigenvalue weighted by molar-refractivity contribution is 5.68. The molecule has 0 radical (unpaired) electrons. The summed E-state index contributed by atoms with van der Waals surface area (Å²) in [6, 6.07) is 0. The number of carbonyl (C=O) groups excluding carboxylic acids is 1. The van der Waals surface area contributed by atoms with Crippen molar-refractivity contribution in [3.05, 3.63) is 0 Å². The quantitative estimate of drug-likeness (QED) is 0.743. The van der Waals surface area contributed by atoms with E-state index in [2.05, 4.69) is 4.74 Å². The van der Waals surface area contributed by atoms with Crippen molar-refractivity contribution >= 4 is 6.09 Å². The van der Waals surface area contributed by atoms with Gasteiger partial charge in [-0.1, -0.05) is 0 Å². The molecule has 112 valence electrons. The summed E-state index contributed by atoms with van der Waals surface area (Å²) in [5, 5.41) is 0. The predicted octanol–water partition coefficient (Wildman–Crippen LogP) is 2.49. The van der Waals surface area contributed by atoms with Gasteiger partial charge in [0.25, 0.3) is 0 Å². The minimum atomic E-state index is -5.22. The zero-order valence-electron chi connectivity index (χ0n) is 17.1. The van der Waals surface area contributed by atoms with Crippen LogP contribution in [0.5, 0.6) is 0 Å². The Bertz CT molecular complexity index is 536. The molecule has 0 bridgehead atoms. The Hall–Kier alpha value is -0.980. The molecule has 7 heteroatoms. The summed E-state index contributed by atoms with van der Waals surface area (Å²) in [5.41, 5.74) is -0.991. The second-order valence-corrected chi connectivity index (χ2v) is 4.97. The van der Waals surface area contributed by atoms with Crippen molar-refractivity contribution < 1.29 is 30.9 Å². The van der Waals surface area contributed by atoms with E-state index in [4.69, 9.17) is 8.22 Å². The third kappa shape index (κ3) is 4.56. The number of halogens is 3. The number of amides is 1. The van der Waals surface area contributed by atoms with Gasteiger partial charge in [0.15, 0.2) is 6.08 Å². The Morgan fingerprint density at radius 3 is 2.42 bits per heavy atom. The van der Waals surface area contributed by atoms with Crippen LogP contribution in [0.15, 0.2) is 0 Å². The number of rotatable bonds is 1. The van der Waals surface area contributed by atoms with Crippen LogP contribution in [0.2, 0.25) is 0 Å². The molecule has 0 spiro atoms. The van der Waals surface area contributed by atoms with Gasteiger partial charge in [-0.2, -0.15) is 13.2 Å². The maximum absolute atomic E-state index is 12.7. The molecule has 1 saturated heterocycles. The average Bonchev–Trinajstić information content (AvgIpc) is 2.30. The van der Waals surface area contributed by atoms with Crippen LogP contribution >= 0.6 is 0 Å². The first-order valence-electron chi connectivity index (χ1n) is 8.62. The molecule has 0 saturated carbocycles. The van der Waals surface area contributed by atoms with Gasteiger partial charge in [-0.15, -0.1) is 0 Å². The highest BCUT2D eigenvalue weighted by atomic mass is 19.4. The van der Waals surface area contributed by atoms with Gasteiger partial charge in [-0.05, 0) is 27.7 Å². The van der Waals surface area contributed by atoms with Crippen molar-refractivity contribution in [2.45, 2.75) is 45.5 Å². The van der Waals surface area contributed by atoms with E-state index in [9.17, 15) is 18.0 Å². The minimum absolute atomic E-state index is 0.0887. The van der Waals surface area contributed by atoms with Crippen LogP contribution in [-0.4, -0.2) is 59.7 Å². The molecule has 2 atom stereocenters. The smallest absolute Gasteiger partial charge is 0.425 e. The van der Waals surface area contributed by atoms with Crippen LogP contribution in [0, 0.1) is 0 Å². The number of carbonyl (C=O) groups is 1. The highest BCUT2D eigenvalue weighted by Gasteiger charge is 2.40. The predicted molar refractivity (Wildman–Crippen MR) is 64.9 cm³/mol. The molecule has 0 N–H and O–H groups in total. The van der Waals surface area contributed by atoms with Crippen molar-refractivity contribution in [1.29, 1.82) is 0 Å². The largest absolute Gasteiger partial charge is 0.437 e. The second-order valence-electron chi connectivity index (χ2n) is 4.97. The van der Waals surface area contributed by atoms with Crippen molar-refractivity contribution in [3.63, 3.8) is 0 Å². The molecular formula is C12H21F3N2O2. The molecule has 2 unspecified atom stereocenters. The fourth-order valence-electron chi connectivity index (χ4n) is 1.16. The molecule has 0 aromatic heterocycles. The van der Waals surface area contributed by atoms with E-state index < -0.39 is 49.9 Å². The normalized spacial score (nSPS) is 35.7. The molecule has 19 heavy (non-hydrogen) atoms. The van der Waals surface area contributed by atoms with E-state index in [0.29, 0.717) is 0 Å². The summed E-state index contributed by atoms with van der Waals surface area (Å²) >= 11 is 0. The fraction of sp³-hybridized carbons (Fsp3) is 0.917. The molecule has 1 heterocycles. The Labute approximate surface area is 119 Å². The lowest BCUT2D eigenvalue weighted by molar-refractivity contribution is -0.200. The molecule has 0 aliphatic carbocycles. The lowest BCUT2D eigenvalue weighted by atomic mass is 10.1. The summed E-state index contributed by atoms with van der Waals surface area (Å²) in [5.74, 6) is 0. The van der Waals surface area contributed by atoms with Gasteiger partial charge in [-0.25, -0.2) is 4.79 Å². The first-order valence-corrected chi connectivity index (χ1v) is 5.54. The van der Waals surface area contributed by atoms with E-state index in [-0.39, 0.29) is 11.8 Å². The molecular weight excluding hydrogens is 261 g/mol. The summed E-state index contributed by atoms with van der Waals surface area (Å²) < 4.78 is 89.1. The Balaban J connectivity index is 3.21. The Morgan fingerprint density at radius 2 is 1.95 bits per heavy atom. The number of piperazine rings is 1. The molecule has 0 aromatic carbocycles. The number of alkyl halides is 3. The summed E-state index contributed by atoms with van der Waals surface area (Å²) in [6.45, 7) is -3.21. The van der Waals surface area contributed by atoms with E-state index in [0.717, 1.165) is 4.90 Å². The first kappa shape index (κ1) is 9.05. The van der Waals surface area contributed by atoms with Gasteiger partial charge in [0.2, 0.25) is 0 Å². The molecule has 1 aliphatic rings. The third-order valence-corrected chi connectivity index (χ3v) is 2.32. The van der Waals surface area contributed by atoms with Crippen LogP contribution in [0.3, 0.4) is 0 Å². The fourth-order valence-corrected chi connectivity index (χ4v) is 1.16. The number of hydrogen-bond donors (Lipinski definition) is 0. The van der Waals surface area contributed by atoms with Crippen LogP contribution in [0.4, 0.5) is 18.0 Å². The third-order valence-electron chi connectivity index (χ3n) is 2.32. The highest BCUT2D eigenvalue weighted by Crippen LogP contribution is 2.23. The molecule has 1 fully saturated rings. The monoisotopic (exact) mass is 288 g/mol. The van der Waals surface area contributed by atoms with E-state index in [1.54, 1.807) is 20.8 Å². The maximum atomic E-state index is 12.7. The molecule has 0 aromatic rings. The average molecular weight is 288 g/mol. The van der Waals surface area contributed by atoms with Crippen molar-refractivity contribution in [3.8, 4) is 0 Å². The maximum Gasteiger partial charge on any atom is 0.425 e. The van der Waals surface area contributed by atoms with Crippen molar-refractivity contribution in [2.75, 3.05) is 26.1 Å². The topological polar surface area (TPSA) is 32.8 Å². The number of nitrogens with zero attached hydrogens (tertiary/aromatic N) is 2. The number of hydrogen-bond acceptors (Lipinski definition) is 3. The number of ether oxygens (including phenoxy) is 1. The van der Waals surface area contributed by atoms with Gasteiger partial charge >= 0.3 is 12.3 Å². The van der Waals surface area contributed by atoms with Crippen LogP contribution in [-0.2, 0) is 4.74 Å². The van der Waals surface area contributed by atoms with Gasteiger partial charge in [0, 0.05) is 35.7 Å². The standard InChI is InChI=1S/C12H21F3N2O2/c1-9(12(13,14)15)19-10(18)16-5-7-17(8-6-16)11(2,3)4/h9H,5-8H2,1-4H3/i5D2,7D,8D2,9D. The zero-order valence-corrected chi connectivity index (χ0v) is 11.1. The van der Waals surface area contributed by atoms with Crippen LogP contribution in [0.25, 0.3) is 0 Å². The lowest BCUT2D eigenvalue weighted by Crippen LogP contribution is -2.55. The van der Waals surface area contributed by atoms with E-state index in [1.165, 1.54) is 0 Å².